The van der Waals surface area contributed by atoms with Crippen molar-refractivity contribution in [3.05, 3.63) is 83.3 Å². The van der Waals surface area contributed by atoms with Crippen LogP contribution in [0.15, 0.2) is 48.5 Å². The molecule has 1 saturated carbocycles. The second kappa shape index (κ2) is 17.0. The standard InChI is InChI=1S/C32H42O6/c1-3-5-7-9-13-25-17-21-27(22-18-25)31(33)37-35-29-15-11-12-16-30(29)36-38-32(34)28-23-19-26(20-24-28)14-10-8-6-4-2/h15,17-24,29H,3-14,16H2,1-2H3. The number of hydrogen-bond donors (Lipinski definition) is 0. The molecule has 2 aromatic carbocycles. The summed E-state index contributed by atoms with van der Waals surface area (Å²) in [5.74, 6) is -1.15. The van der Waals surface area contributed by atoms with Gasteiger partial charge in [-0.05, 0) is 86.8 Å². The fourth-order valence-electron chi connectivity index (χ4n) is 4.41. The highest BCUT2D eigenvalue weighted by Crippen LogP contribution is 2.30. The molecule has 2 aromatic rings. The van der Waals surface area contributed by atoms with Crippen molar-refractivity contribution in [3.63, 3.8) is 0 Å². The second-order valence-corrected chi connectivity index (χ2v) is 9.95. The Kier molecular flexibility index (Phi) is 13.4. The second-order valence-electron chi connectivity index (χ2n) is 9.95. The summed E-state index contributed by atoms with van der Waals surface area (Å²) in [5, 5.41) is 0. The van der Waals surface area contributed by atoms with Gasteiger partial charge in [-0.15, -0.1) is 0 Å². The molecule has 1 aliphatic rings. The van der Waals surface area contributed by atoms with Gasteiger partial charge in [-0.25, -0.2) is 9.59 Å². The molecule has 2 radical (unpaired) electrons. The maximum Gasteiger partial charge on any atom is 0.373 e. The van der Waals surface area contributed by atoms with E-state index in [1.165, 1.54) is 49.7 Å². The SMILES string of the molecule is CCCCCCc1ccc(C(=O)OO[C]2CCC[CH]C2OOC(=O)c2ccc(CCCCCC)cc2)cc1. The van der Waals surface area contributed by atoms with Crippen LogP contribution in [0.2, 0.25) is 0 Å². The van der Waals surface area contributed by atoms with E-state index in [1.54, 1.807) is 24.3 Å². The lowest BCUT2D eigenvalue weighted by Crippen LogP contribution is -2.30. The molecule has 0 aromatic heterocycles. The topological polar surface area (TPSA) is 71.1 Å². The minimum Gasteiger partial charge on any atom is -0.292 e. The van der Waals surface area contributed by atoms with Crippen LogP contribution in [0.5, 0.6) is 0 Å². The fraction of sp³-hybridized carbons (Fsp3) is 0.500. The Balaban J connectivity index is 1.42. The average Bonchev–Trinajstić information content (AvgIpc) is 2.96. The normalized spacial score (nSPS) is 15.8. The molecule has 206 valence electrons. The van der Waals surface area contributed by atoms with E-state index in [2.05, 4.69) is 13.8 Å². The van der Waals surface area contributed by atoms with Gasteiger partial charge in [0.05, 0.1) is 11.1 Å². The Bertz CT molecular complexity index is 873. The molecule has 38 heavy (non-hydrogen) atoms. The van der Waals surface area contributed by atoms with E-state index in [0.717, 1.165) is 38.5 Å². The maximum absolute atomic E-state index is 12.5. The van der Waals surface area contributed by atoms with Crippen LogP contribution in [0.25, 0.3) is 0 Å². The van der Waals surface area contributed by atoms with E-state index in [1.807, 2.05) is 30.7 Å². The van der Waals surface area contributed by atoms with E-state index in [9.17, 15) is 9.59 Å². The molecule has 1 fully saturated rings. The number of aryl methyl sites for hydroxylation is 2. The molecule has 0 spiro atoms. The highest BCUT2D eigenvalue weighted by atomic mass is 17.2. The first-order valence-corrected chi connectivity index (χ1v) is 14.2. The van der Waals surface area contributed by atoms with Gasteiger partial charge < -0.3 is 0 Å². The lowest BCUT2D eigenvalue weighted by Gasteiger charge is -2.26. The highest BCUT2D eigenvalue weighted by Gasteiger charge is 2.33. The molecule has 1 atom stereocenters. The van der Waals surface area contributed by atoms with Gasteiger partial charge in [-0.3, -0.25) is 9.78 Å². The third-order valence-electron chi connectivity index (χ3n) is 6.79. The monoisotopic (exact) mass is 522 g/mol. The molecule has 0 aliphatic heterocycles. The molecule has 6 nitrogen and oxygen atoms in total. The van der Waals surface area contributed by atoms with Crippen LogP contribution < -0.4 is 0 Å². The Morgan fingerprint density at radius 3 is 1.76 bits per heavy atom. The molecule has 1 unspecified atom stereocenters. The van der Waals surface area contributed by atoms with Gasteiger partial charge in [0, 0.05) is 0 Å². The van der Waals surface area contributed by atoms with Crippen molar-refractivity contribution in [3.8, 4) is 0 Å². The summed E-state index contributed by atoms with van der Waals surface area (Å²) in [6.07, 6.45) is 15.3. The predicted molar refractivity (Wildman–Crippen MR) is 147 cm³/mol. The highest BCUT2D eigenvalue weighted by molar-refractivity contribution is 5.89. The van der Waals surface area contributed by atoms with Gasteiger partial charge in [0.2, 0.25) is 0 Å². The number of carbonyl (C=O) groups excluding carboxylic acids is 2. The van der Waals surface area contributed by atoms with Crippen molar-refractivity contribution < 1.29 is 29.1 Å². The number of unbranched alkanes of at least 4 members (excludes halogenated alkanes) is 6. The molecule has 3 rings (SSSR count). The number of benzene rings is 2. The summed E-state index contributed by atoms with van der Waals surface area (Å²) in [6, 6.07) is 14.8. The molecule has 0 saturated heterocycles. The van der Waals surface area contributed by atoms with Crippen LogP contribution in [0.4, 0.5) is 0 Å². The van der Waals surface area contributed by atoms with Gasteiger partial charge in [0.1, 0.15) is 6.10 Å². The van der Waals surface area contributed by atoms with E-state index < -0.39 is 18.0 Å². The molecule has 0 bridgehead atoms. The van der Waals surface area contributed by atoms with Crippen LogP contribution >= 0.6 is 0 Å². The molecular formula is C32H42O6. The molecule has 0 N–H and O–H groups in total. The van der Waals surface area contributed by atoms with E-state index in [0.29, 0.717) is 23.7 Å². The van der Waals surface area contributed by atoms with E-state index in [4.69, 9.17) is 19.6 Å². The molecular weight excluding hydrogens is 480 g/mol. The molecule has 0 amide bonds. The van der Waals surface area contributed by atoms with Crippen molar-refractivity contribution >= 4 is 11.9 Å². The van der Waals surface area contributed by atoms with Crippen LogP contribution in [-0.4, -0.2) is 18.0 Å². The lowest BCUT2D eigenvalue weighted by atomic mass is 9.95. The summed E-state index contributed by atoms with van der Waals surface area (Å²) < 4.78 is 0. The minimum absolute atomic E-state index is 0.396. The van der Waals surface area contributed by atoms with Crippen LogP contribution in [0.1, 0.15) is 116 Å². The van der Waals surface area contributed by atoms with Gasteiger partial charge in [-0.2, -0.15) is 9.78 Å². The van der Waals surface area contributed by atoms with Crippen molar-refractivity contribution in [2.24, 2.45) is 0 Å². The van der Waals surface area contributed by atoms with Gasteiger partial charge >= 0.3 is 11.9 Å². The summed E-state index contributed by atoms with van der Waals surface area (Å²) in [4.78, 5) is 45.9. The van der Waals surface area contributed by atoms with Crippen molar-refractivity contribution in [1.82, 2.24) is 0 Å². The Morgan fingerprint density at radius 1 is 0.711 bits per heavy atom. The summed E-state index contributed by atoms with van der Waals surface area (Å²) in [7, 11) is 0. The predicted octanol–water partition coefficient (Wildman–Crippen LogP) is 8.10. The van der Waals surface area contributed by atoms with Crippen molar-refractivity contribution in [2.45, 2.75) is 103 Å². The summed E-state index contributed by atoms with van der Waals surface area (Å²) in [6.45, 7) is 4.39. The maximum atomic E-state index is 12.5. The Labute approximate surface area is 227 Å². The molecule has 6 heteroatoms. The number of rotatable bonds is 16. The quantitative estimate of drug-likeness (QED) is 0.126. The zero-order valence-corrected chi connectivity index (χ0v) is 22.9. The van der Waals surface area contributed by atoms with Crippen molar-refractivity contribution in [1.29, 1.82) is 0 Å². The summed E-state index contributed by atoms with van der Waals surface area (Å²) in [5.41, 5.74) is 3.24. The van der Waals surface area contributed by atoms with E-state index >= 15 is 0 Å². The zero-order chi connectivity index (χ0) is 27.0. The lowest BCUT2D eigenvalue weighted by molar-refractivity contribution is -0.311. The minimum atomic E-state index is -0.705. The fourth-order valence-corrected chi connectivity index (χ4v) is 4.41. The van der Waals surface area contributed by atoms with Gasteiger partial charge in [0.25, 0.3) is 0 Å². The number of carbonyl (C=O) groups is 2. The van der Waals surface area contributed by atoms with Crippen LogP contribution in [0, 0.1) is 12.5 Å². The third kappa shape index (κ3) is 10.2. The smallest absolute Gasteiger partial charge is 0.292 e. The van der Waals surface area contributed by atoms with Crippen LogP contribution in [-0.2, 0) is 32.4 Å². The Hall–Kier alpha value is -2.70. The molecule has 1 aliphatic carbocycles. The van der Waals surface area contributed by atoms with Crippen molar-refractivity contribution in [2.75, 3.05) is 0 Å². The average molecular weight is 523 g/mol. The number of hydrogen-bond acceptors (Lipinski definition) is 6. The van der Waals surface area contributed by atoms with Gasteiger partial charge in [0.15, 0.2) is 6.10 Å². The third-order valence-corrected chi connectivity index (χ3v) is 6.79. The molecule has 0 heterocycles. The first-order valence-electron chi connectivity index (χ1n) is 14.2. The van der Waals surface area contributed by atoms with E-state index in [-0.39, 0.29) is 0 Å². The zero-order valence-electron chi connectivity index (χ0n) is 22.9. The summed E-state index contributed by atoms with van der Waals surface area (Å²) >= 11 is 0. The Morgan fingerprint density at radius 2 is 1.24 bits per heavy atom. The first kappa shape index (κ1) is 29.9. The first-order chi connectivity index (χ1) is 18.6. The van der Waals surface area contributed by atoms with Gasteiger partial charge in [-0.1, -0.05) is 76.6 Å². The largest absolute Gasteiger partial charge is 0.373 e. The van der Waals surface area contributed by atoms with Crippen LogP contribution in [0.3, 0.4) is 0 Å².